The quantitative estimate of drug-likeness (QED) is 0.688. The molecule has 0 amide bonds. The molecule has 1 rings (SSSR count). The van der Waals surface area contributed by atoms with Crippen LogP contribution in [0.1, 0.15) is 17.0 Å². The van der Waals surface area contributed by atoms with Gasteiger partial charge < -0.3 is 9.84 Å². The van der Waals surface area contributed by atoms with Crippen LogP contribution in [0.25, 0.3) is 0 Å². The van der Waals surface area contributed by atoms with Crippen LogP contribution in [0.2, 0.25) is 0 Å². The van der Waals surface area contributed by atoms with Crippen molar-refractivity contribution < 1.29 is 36.2 Å². The third-order valence-electron chi connectivity index (χ3n) is 1.90. The molecular formula is C9H6ClF6NO2. The third-order valence-corrected chi connectivity index (χ3v) is 2.18. The molecule has 0 saturated heterocycles. The number of alkyl halides is 7. The number of ether oxygens (including phenoxy) is 1. The molecule has 10 heteroatoms. The van der Waals surface area contributed by atoms with Crippen molar-refractivity contribution in [3.05, 3.63) is 23.0 Å². The van der Waals surface area contributed by atoms with E-state index in [1.165, 1.54) is 0 Å². The van der Waals surface area contributed by atoms with Crippen LogP contribution in [0, 0.1) is 0 Å². The minimum atomic E-state index is -5.32. The zero-order valence-electron chi connectivity index (χ0n) is 8.94. The van der Waals surface area contributed by atoms with Gasteiger partial charge in [-0.1, -0.05) is 0 Å². The van der Waals surface area contributed by atoms with Crippen LogP contribution in [-0.4, -0.2) is 16.5 Å². The summed E-state index contributed by atoms with van der Waals surface area (Å²) in [5.41, 5.74) is -2.91. The Kier molecular flexibility index (Phi) is 4.51. The Labute approximate surface area is 107 Å². The first-order chi connectivity index (χ1) is 8.58. The molecule has 0 aromatic carbocycles. The van der Waals surface area contributed by atoms with Crippen molar-refractivity contribution in [3.63, 3.8) is 0 Å². The average molecular weight is 310 g/mol. The Morgan fingerprint density at radius 3 is 2.16 bits per heavy atom. The molecule has 0 saturated carbocycles. The first-order valence-corrected chi connectivity index (χ1v) is 5.14. The molecule has 0 spiro atoms. The van der Waals surface area contributed by atoms with Gasteiger partial charge in [-0.3, -0.25) is 0 Å². The molecule has 0 fully saturated rings. The zero-order chi connectivity index (χ0) is 14.8. The maximum Gasteiger partial charge on any atom is 0.573 e. The fourth-order valence-corrected chi connectivity index (χ4v) is 1.45. The third kappa shape index (κ3) is 4.13. The predicted molar refractivity (Wildman–Crippen MR) is 51.4 cm³/mol. The number of pyridine rings is 1. The Bertz CT molecular complexity index is 459. The summed E-state index contributed by atoms with van der Waals surface area (Å²) in [6.45, 7) is -0.876. The standard InChI is InChI=1S/C9H6ClF6NO2/c10-2-4-1-5(3-18)17-7(8(11,12)13)6(4)19-9(14,15)16/h1,18H,2-3H2. The van der Waals surface area contributed by atoms with Crippen molar-refractivity contribution in [1.82, 2.24) is 4.98 Å². The van der Waals surface area contributed by atoms with Gasteiger partial charge in [0.2, 0.25) is 0 Å². The molecule has 3 nitrogen and oxygen atoms in total. The van der Waals surface area contributed by atoms with Gasteiger partial charge in [0.15, 0.2) is 11.4 Å². The molecule has 1 N–H and O–H groups in total. The fourth-order valence-electron chi connectivity index (χ4n) is 1.25. The summed E-state index contributed by atoms with van der Waals surface area (Å²) >= 11 is 5.29. The summed E-state index contributed by atoms with van der Waals surface area (Å²) in [4.78, 5) is 2.90. The van der Waals surface area contributed by atoms with E-state index in [0.717, 1.165) is 6.07 Å². The molecule has 0 unspecified atom stereocenters. The summed E-state index contributed by atoms with van der Waals surface area (Å²) in [5, 5.41) is 8.74. The van der Waals surface area contributed by atoms with E-state index in [0.29, 0.717) is 0 Å². The lowest BCUT2D eigenvalue weighted by atomic mass is 10.1. The molecule has 108 valence electrons. The van der Waals surface area contributed by atoms with Gasteiger partial charge in [0.05, 0.1) is 18.2 Å². The second-order valence-corrected chi connectivity index (χ2v) is 3.56. The summed E-state index contributed by atoms with van der Waals surface area (Å²) < 4.78 is 77.5. The van der Waals surface area contributed by atoms with Crippen molar-refractivity contribution >= 4 is 11.6 Å². The Morgan fingerprint density at radius 2 is 1.79 bits per heavy atom. The lowest BCUT2D eigenvalue weighted by molar-refractivity contribution is -0.276. The molecule has 19 heavy (non-hydrogen) atoms. The van der Waals surface area contributed by atoms with E-state index in [4.69, 9.17) is 16.7 Å². The van der Waals surface area contributed by atoms with Crippen molar-refractivity contribution in [3.8, 4) is 5.75 Å². The molecule has 1 aromatic rings. The normalized spacial score (nSPS) is 12.6. The number of hydrogen-bond donors (Lipinski definition) is 1. The van der Waals surface area contributed by atoms with Crippen LogP contribution in [-0.2, 0) is 18.7 Å². The highest BCUT2D eigenvalue weighted by atomic mass is 35.5. The second-order valence-electron chi connectivity index (χ2n) is 3.29. The van der Waals surface area contributed by atoms with Crippen LogP contribution >= 0.6 is 11.6 Å². The molecule has 0 aliphatic carbocycles. The highest BCUT2D eigenvalue weighted by Crippen LogP contribution is 2.40. The topological polar surface area (TPSA) is 42.4 Å². The Balaban J connectivity index is 3.47. The van der Waals surface area contributed by atoms with Crippen molar-refractivity contribution in [2.24, 2.45) is 0 Å². The van der Waals surface area contributed by atoms with Crippen LogP contribution < -0.4 is 4.74 Å². The maximum absolute atomic E-state index is 12.6. The van der Waals surface area contributed by atoms with Gasteiger partial charge >= 0.3 is 12.5 Å². The summed E-state index contributed by atoms with van der Waals surface area (Å²) in [6, 6.07) is 0.809. The van der Waals surface area contributed by atoms with Gasteiger partial charge in [-0.15, -0.1) is 24.8 Å². The summed E-state index contributed by atoms with van der Waals surface area (Å²) in [6.07, 6.45) is -10.5. The van der Waals surface area contributed by atoms with Crippen LogP contribution in [0.5, 0.6) is 5.75 Å². The summed E-state index contributed by atoms with van der Waals surface area (Å²) in [7, 11) is 0. The lowest BCUT2D eigenvalue weighted by Gasteiger charge is -2.18. The SMILES string of the molecule is OCc1cc(CCl)c(OC(F)(F)F)c(C(F)(F)F)n1. The first-order valence-electron chi connectivity index (χ1n) is 4.61. The molecule has 0 aliphatic heterocycles. The number of aliphatic hydroxyl groups is 1. The van der Waals surface area contributed by atoms with E-state index < -0.39 is 47.7 Å². The molecule has 0 atom stereocenters. The van der Waals surface area contributed by atoms with Crippen LogP contribution in [0.3, 0.4) is 0 Å². The van der Waals surface area contributed by atoms with E-state index in [2.05, 4.69) is 9.72 Å². The van der Waals surface area contributed by atoms with E-state index in [-0.39, 0.29) is 0 Å². The minimum absolute atomic E-state index is 0.461. The van der Waals surface area contributed by atoms with Crippen LogP contribution in [0.15, 0.2) is 6.07 Å². The largest absolute Gasteiger partial charge is 0.573 e. The number of nitrogens with zero attached hydrogens (tertiary/aromatic N) is 1. The van der Waals surface area contributed by atoms with Gasteiger partial charge in [-0.25, -0.2) is 4.98 Å². The van der Waals surface area contributed by atoms with Crippen molar-refractivity contribution in [2.45, 2.75) is 25.0 Å². The molecule has 0 aliphatic rings. The smallest absolute Gasteiger partial charge is 0.403 e. The van der Waals surface area contributed by atoms with Gasteiger partial charge in [-0.2, -0.15) is 13.2 Å². The number of rotatable bonds is 3. The highest BCUT2D eigenvalue weighted by molar-refractivity contribution is 6.17. The number of halogens is 7. The number of aromatic nitrogens is 1. The van der Waals surface area contributed by atoms with Gasteiger partial charge in [0.1, 0.15) is 0 Å². The average Bonchev–Trinajstić information content (AvgIpc) is 2.25. The zero-order valence-corrected chi connectivity index (χ0v) is 9.70. The molecular weight excluding hydrogens is 304 g/mol. The van der Waals surface area contributed by atoms with Crippen molar-refractivity contribution in [1.29, 1.82) is 0 Å². The van der Waals surface area contributed by atoms with E-state index >= 15 is 0 Å². The fraction of sp³-hybridized carbons (Fsp3) is 0.444. The molecule has 1 heterocycles. The summed E-state index contributed by atoms with van der Waals surface area (Å²) in [5.74, 6) is -2.17. The van der Waals surface area contributed by atoms with E-state index in [9.17, 15) is 26.3 Å². The Morgan fingerprint density at radius 1 is 1.21 bits per heavy atom. The van der Waals surface area contributed by atoms with Gasteiger partial charge in [-0.05, 0) is 6.07 Å². The van der Waals surface area contributed by atoms with Gasteiger partial charge in [0.25, 0.3) is 0 Å². The molecule has 0 radical (unpaired) electrons. The predicted octanol–water partition coefficient (Wildman–Crippen LogP) is 3.23. The first kappa shape index (κ1) is 15.8. The Hall–Kier alpha value is -1.22. The van der Waals surface area contributed by atoms with Crippen molar-refractivity contribution in [2.75, 3.05) is 0 Å². The minimum Gasteiger partial charge on any atom is -0.403 e. The van der Waals surface area contributed by atoms with E-state index in [1.54, 1.807) is 0 Å². The van der Waals surface area contributed by atoms with Crippen LogP contribution in [0.4, 0.5) is 26.3 Å². The number of aliphatic hydroxyl groups excluding tert-OH is 1. The highest BCUT2D eigenvalue weighted by Gasteiger charge is 2.42. The lowest BCUT2D eigenvalue weighted by Crippen LogP contribution is -2.22. The molecule has 0 bridgehead atoms. The monoisotopic (exact) mass is 309 g/mol. The molecule has 1 aromatic heterocycles. The second kappa shape index (κ2) is 5.41. The van der Waals surface area contributed by atoms with Gasteiger partial charge in [0, 0.05) is 5.56 Å². The maximum atomic E-state index is 12.6. The van der Waals surface area contributed by atoms with E-state index in [1.807, 2.05) is 0 Å². The number of hydrogen-bond acceptors (Lipinski definition) is 3.